The van der Waals surface area contributed by atoms with Crippen LogP contribution in [0.4, 0.5) is 10.1 Å². The molecule has 1 fully saturated rings. The number of carbonyl (C=O) groups is 1. The molecule has 6 nitrogen and oxygen atoms in total. The average Bonchev–Trinajstić information content (AvgIpc) is 3.36. The first-order valence-corrected chi connectivity index (χ1v) is 13.6. The highest BCUT2D eigenvalue weighted by Crippen LogP contribution is 2.36. The number of morpholine rings is 1. The zero-order valence-corrected chi connectivity index (χ0v) is 22.0. The van der Waals surface area contributed by atoms with E-state index in [0.29, 0.717) is 6.54 Å². The minimum atomic E-state index is -0.923. The number of hydrogen-bond donors (Lipinski definition) is 3. The summed E-state index contributed by atoms with van der Waals surface area (Å²) < 4.78 is 27.2. The molecule has 0 spiro atoms. The zero-order valence-electron chi connectivity index (χ0n) is 22.0. The van der Waals surface area contributed by atoms with E-state index in [4.69, 9.17) is 15.2 Å². The minimum Gasteiger partial charge on any atom is -0.486 e. The maximum atomic E-state index is 15.0. The number of benzene rings is 4. The molecule has 4 N–H and O–H groups in total. The van der Waals surface area contributed by atoms with Gasteiger partial charge in [-0.1, -0.05) is 91.0 Å². The Bertz CT molecular complexity index is 1430. The van der Waals surface area contributed by atoms with Crippen molar-refractivity contribution in [3.05, 3.63) is 131 Å². The summed E-state index contributed by atoms with van der Waals surface area (Å²) in [6, 6.07) is 31.4. The number of anilines is 1. The number of para-hydroxylation sites is 1. The molecule has 40 heavy (non-hydrogen) atoms. The van der Waals surface area contributed by atoms with Crippen LogP contribution in [-0.4, -0.2) is 37.3 Å². The Kier molecular flexibility index (Phi) is 7.60. The largest absolute Gasteiger partial charge is 0.486 e. The lowest BCUT2D eigenvalue weighted by atomic mass is 9.85. The highest BCUT2D eigenvalue weighted by molar-refractivity contribution is 5.97. The molecule has 4 aromatic carbocycles. The van der Waals surface area contributed by atoms with Crippen LogP contribution < -0.4 is 21.1 Å². The van der Waals surface area contributed by atoms with Crippen LogP contribution in [0.1, 0.15) is 34.2 Å². The molecule has 2 aliphatic rings. The Labute approximate surface area is 233 Å². The van der Waals surface area contributed by atoms with Gasteiger partial charge in [-0.15, -0.1) is 0 Å². The van der Waals surface area contributed by atoms with E-state index < -0.39 is 17.8 Å². The standard InChI is InChI=1S/C33H32FN3O3/c34-26-16-9-17-27(32(26)39-20-24-19-36-31-25-15-8-7-14-23(25)18-28(31)40-24)37-33(38)30(35)29(21-10-3-1-4-11-21)22-12-5-2-6-13-22/h1-17,24,28-31,36H,18-20,35H2,(H,37,38)/t24-,28-,30-,31+/m0/s1. The molecule has 7 heteroatoms. The van der Waals surface area contributed by atoms with Crippen molar-refractivity contribution in [1.29, 1.82) is 0 Å². The molecule has 0 radical (unpaired) electrons. The van der Waals surface area contributed by atoms with E-state index in [1.165, 1.54) is 23.3 Å². The Morgan fingerprint density at radius 2 is 1.62 bits per heavy atom. The zero-order chi connectivity index (χ0) is 27.5. The molecular formula is C33H32FN3O3. The Hall–Kier alpha value is -4.04. The SMILES string of the molecule is N[C@H](C(=O)Nc1cccc(F)c1OC[C@@H]1CN[C@@H]2c3ccccc3C[C@@H]2O1)C(c1ccccc1)c1ccccc1. The quantitative estimate of drug-likeness (QED) is 0.296. The van der Waals surface area contributed by atoms with Gasteiger partial charge in [0, 0.05) is 18.9 Å². The highest BCUT2D eigenvalue weighted by atomic mass is 19.1. The van der Waals surface area contributed by atoms with Crippen LogP contribution in [0.5, 0.6) is 5.75 Å². The first kappa shape index (κ1) is 26.2. The molecule has 1 aliphatic carbocycles. The van der Waals surface area contributed by atoms with Gasteiger partial charge < -0.3 is 25.8 Å². The van der Waals surface area contributed by atoms with E-state index in [9.17, 15) is 9.18 Å². The molecule has 6 rings (SSSR count). The number of nitrogens with one attached hydrogen (secondary N) is 2. The summed E-state index contributed by atoms with van der Waals surface area (Å²) in [7, 11) is 0. The van der Waals surface area contributed by atoms with Crippen LogP contribution >= 0.6 is 0 Å². The van der Waals surface area contributed by atoms with Gasteiger partial charge in [-0.05, 0) is 34.4 Å². The highest BCUT2D eigenvalue weighted by Gasteiger charge is 2.38. The van der Waals surface area contributed by atoms with E-state index in [2.05, 4.69) is 22.8 Å². The molecule has 0 bridgehead atoms. The summed E-state index contributed by atoms with van der Waals surface area (Å²) in [6.07, 6.45) is 0.569. The van der Waals surface area contributed by atoms with Gasteiger partial charge in [-0.25, -0.2) is 4.39 Å². The third kappa shape index (κ3) is 5.36. The maximum absolute atomic E-state index is 15.0. The number of fused-ring (bicyclic) bond motifs is 3. The molecule has 204 valence electrons. The van der Waals surface area contributed by atoms with Gasteiger partial charge in [0.25, 0.3) is 0 Å². The van der Waals surface area contributed by atoms with Crippen molar-refractivity contribution in [3.63, 3.8) is 0 Å². The predicted molar refractivity (Wildman–Crippen MR) is 153 cm³/mol. The second kappa shape index (κ2) is 11.6. The van der Waals surface area contributed by atoms with E-state index in [0.717, 1.165) is 17.5 Å². The number of nitrogens with two attached hydrogens (primary N) is 1. The van der Waals surface area contributed by atoms with Crippen LogP contribution in [0.2, 0.25) is 0 Å². The van der Waals surface area contributed by atoms with Crippen molar-refractivity contribution in [1.82, 2.24) is 5.32 Å². The molecule has 1 heterocycles. The van der Waals surface area contributed by atoms with Crippen molar-refractivity contribution in [2.24, 2.45) is 5.73 Å². The molecule has 0 aromatic heterocycles. The molecule has 1 amide bonds. The van der Waals surface area contributed by atoms with Crippen molar-refractivity contribution >= 4 is 11.6 Å². The second-order valence-electron chi connectivity index (χ2n) is 10.3. The molecule has 0 unspecified atom stereocenters. The average molecular weight is 538 g/mol. The summed E-state index contributed by atoms with van der Waals surface area (Å²) in [5, 5.41) is 6.38. The first-order chi connectivity index (χ1) is 19.6. The molecule has 4 atom stereocenters. The van der Waals surface area contributed by atoms with Crippen LogP contribution in [0.3, 0.4) is 0 Å². The summed E-state index contributed by atoms with van der Waals surface area (Å²) in [6.45, 7) is 0.714. The first-order valence-electron chi connectivity index (χ1n) is 13.6. The van der Waals surface area contributed by atoms with Crippen molar-refractivity contribution in [3.8, 4) is 5.75 Å². The smallest absolute Gasteiger partial charge is 0.242 e. The van der Waals surface area contributed by atoms with Crippen molar-refractivity contribution < 1.29 is 18.7 Å². The lowest BCUT2D eigenvalue weighted by molar-refractivity contribution is -0.117. The fraction of sp³-hybridized carbons (Fsp3) is 0.242. The van der Waals surface area contributed by atoms with Gasteiger partial charge in [0.2, 0.25) is 5.91 Å². The third-order valence-corrected chi connectivity index (χ3v) is 7.73. The van der Waals surface area contributed by atoms with Gasteiger partial charge in [0.05, 0.1) is 23.9 Å². The van der Waals surface area contributed by atoms with Crippen LogP contribution in [0, 0.1) is 5.82 Å². The molecule has 1 aliphatic heterocycles. The van der Waals surface area contributed by atoms with Gasteiger partial charge in [-0.3, -0.25) is 4.79 Å². The van der Waals surface area contributed by atoms with E-state index in [1.54, 1.807) is 6.07 Å². The van der Waals surface area contributed by atoms with Crippen LogP contribution in [-0.2, 0) is 16.0 Å². The van der Waals surface area contributed by atoms with E-state index in [-0.39, 0.29) is 42.2 Å². The summed E-state index contributed by atoms with van der Waals surface area (Å²) >= 11 is 0. The number of rotatable bonds is 8. The Balaban J connectivity index is 1.15. The molecule has 4 aromatic rings. The second-order valence-corrected chi connectivity index (χ2v) is 10.3. The van der Waals surface area contributed by atoms with Gasteiger partial charge in [0.15, 0.2) is 11.6 Å². The number of halogens is 1. The number of hydrogen-bond acceptors (Lipinski definition) is 5. The third-order valence-electron chi connectivity index (χ3n) is 7.73. The van der Waals surface area contributed by atoms with Gasteiger partial charge in [0.1, 0.15) is 12.7 Å². The summed E-state index contributed by atoms with van der Waals surface area (Å²) in [5.41, 5.74) is 11.2. The van der Waals surface area contributed by atoms with E-state index in [1.807, 2.05) is 72.8 Å². The minimum absolute atomic E-state index is 0.00504. The fourth-order valence-electron chi connectivity index (χ4n) is 5.80. The number of ether oxygens (including phenoxy) is 2. The molecular weight excluding hydrogens is 505 g/mol. The van der Waals surface area contributed by atoms with Crippen molar-refractivity contribution in [2.75, 3.05) is 18.5 Å². The summed E-state index contributed by atoms with van der Waals surface area (Å²) in [4.78, 5) is 13.5. The lowest BCUT2D eigenvalue weighted by Gasteiger charge is -2.34. The normalized spacial score (nSPS) is 20.4. The van der Waals surface area contributed by atoms with Crippen molar-refractivity contribution in [2.45, 2.75) is 36.6 Å². The topological polar surface area (TPSA) is 85.6 Å². The number of amides is 1. The van der Waals surface area contributed by atoms with E-state index >= 15 is 0 Å². The Morgan fingerprint density at radius 3 is 2.35 bits per heavy atom. The van der Waals surface area contributed by atoms with Crippen LogP contribution in [0.15, 0.2) is 103 Å². The maximum Gasteiger partial charge on any atom is 0.242 e. The fourth-order valence-corrected chi connectivity index (χ4v) is 5.80. The van der Waals surface area contributed by atoms with Gasteiger partial charge in [-0.2, -0.15) is 0 Å². The Morgan fingerprint density at radius 1 is 0.950 bits per heavy atom. The monoisotopic (exact) mass is 537 g/mol. The lowest BCUT2D eigenvalue weighted by Crippen LogP contribution is -2.47. The molecule has 0 saturated carbocycles. The molecule has 1 saturated heterocycles. The summed E-state index contributed by atoms with van der Waals surface area (Å²) in [5.74, 6) is -1.41. The predicted octanol–water partition coefficient (Wildman–Crippen LogP) is 4.96. The van der Waals surface area contributed by atoms with Gasteiger partial charge >= 0.3 is 0 Å². The van der Waals surface area contributed by atoms with Crippen LogP contribution in [0.25, 0.3) is 0 Å². The number of carbonyl (C=O) groups excluding carboxylic acids is 1.